The summed E-state index contributed by atoms with van der Waals surface area (Å²) in [7, 11) is 0. The molecular weight excluding hydrogens is 706 g/mol. The van der Waals surface area contributed by atoms with Crippen molar-refractivity contribution in [1.82, 2.24) is 19.6 Å². The van der Waals surface area contributed by atoms with Gasteiger partial charge in [0.05, 0.1) is 52.4 Å². The van der Waals surface area contributed by atoms with E-state index in [1.807, 2.05) is 0 Å². The molecule has 9 saturated heterocycles. The molecule has 9 rings (SSSR count). The fraction of sp³-hybridized carbons (Fsp3) is 1.00. The molecule has 0 saturated carbocycles. The van der Waals surface area contributed by atoms with Crippen LogP contribution in [-0.4, -0.2) is 188 Å². The van der Waals surface area contributed by atoms with E-state index in [9.17, 15) is 0 Å². The number of nitrogens with zero attached hydrogens (tertiary/aromatic N) is 6. The molecule has 9 fully saturated rings. The molecule has 6 bridgehead atoms. The predicted molar refractivity (Wildman–Crippen MR) is 189 cm³/mol. The molecule has 6 nitrogen and oxygen atoms in total. The van der Waals surface area contributed by atoms with Gasteiger partial charge in [-0.25, -0.2) is 0 Å². The normalized spacial score (nSPS) is 32.3. The maximum Gasteiger partial charge on any atom is 0.251 e. The van der Waals surface area contributed by atoms with E-state index in [0.717, 1.165) is 0 Å². The lowest BCUT2D eigenvalue weighted by Crippen LogP contribution is -3.00. The van der Waals surface area contributed by atoms with E-state index < -0.39 is 0 Å². The fourth-order valence-corrected chi connectivity index (χ4v) is 7.61. The summed E-state index contributed by atoms with van der Waals surface area (Å²) in [4.78, 5) is 10.4. The second-order valence-electron chi connectivity index (χ2n) is 16.1. The minimum Gasteiger partial charge on any atom is -1.00 e. The number of unbranched alkanes of at least 4 members (excludes halogenated alkanes) is 7. The topological polar surface area (TPSA) is 13.0 Å². The Morgan fingerprint density at radius 1 is 0.341 bits per heavy atom. The predicted octanol–water partition coefficient (Wildman–Crippen LogP) is -1.23. The van der Waals surface area contributed by atoms with Crippen molar-refractivity contribution in [1.29, 1.82) is 0 Å². The zero-order valence-corrected chi connectivity index (χ0v) is 35.9. The molecule has 0 radical (unpaired) electrons. The Hall–Kier alpha value is 1.78. The first-order valence-corrected chi connectivity index (χ1v) is 25.7. The zero-order valence-electron chi connectivity index (χ0n) is 30.4. The molecular formula is C34H74Al2Br2N6. The first-order valence-electron chi connectivity index (χ1n) is 18.8. The summed E-state index contributed by atoms with van der Waals surface area (Å²) in [5.74, 6) is 13.8. The van der Waals surface area contributed by atoms with Crippen LogP contribution in [0.1, 0.15) is 51.4 Å². The van der Waals surface area contributed by atoms with Crippen molar-refractivity contribution in [3.63, 3.8) is 0 Å². The van der Waals surface area contributed by atoms with Crippen LogP contribution < -0.4 is 34.0 Å². The van der Waals surface area contributed by atoms with Crippen LogP contribution in [0, 0.1) is 0 Å². The summed E-state index contributed by atoms with van der Waals surface area (Å²) < 4.78 is 2.93. The van der Waals surface area contributed by atoms with Gasteiger partial charge in [-0.3, -0.25) is 19.6 Å². The highest BCUT2D eigenvalue weighted by atomic mass is 79.9. The van der Waals surface area contributed by atoms with Crippen LogP contribution >= 0.6 is 0 Å². The summed E-state index contributed by atoms with van der Waals surface area (Å²) in [6, 6.07) is 0. The molecule has 9 aliphatic rings. The van der Waals surface area contributed by atoms with E-state index in [4.69, 9.17) is 0 Å². The maximum atomic E-state index is 2.66. The standard InChI is InChI=1S/C22H44N4.C6H12N2.6CH3.2Al.2BrH/c1(3-5-7-15-25-17-9-23(10-18-25)11-19-25)2-4-6-8-16-26-20-12-24(13-21-26)14-22-26;1-2-8-5-3-7(1)4-6-8;;;;;;;;;;/h1-22H2;1-6H2;6*1H3;;;2*1H/q+2;;;;;;;;;;;/p-2. The van der Waals surface area contributed by atoms with E-state index in [0.29, 0.717) is 0 Å². The molecule has 9 aliphatic heterocycles. The average Bonchev–Trinajstić information content (AvgIpc) is 3.01. The van der Waals surface area contributed by atoms with E-state index in [1.165, 1.54) is 191 Å². The molecule has 0 aromatic rings. The largest absolute Gasteiger partial charge is 1.00 e. The van der Waals surface area contributed by atoms with Crippen LogP contribution in [0.25, 0.3) is 0 Å². The molecule has 0 N–H and O–H groups in total. The Labute approximate surface area is 305 Å². The maximum absolute atomic E-state index is 2.66. The third kappa shape index (κ3) is 17.4. The number of rotatable bonds is 11. The molecule has 260 valence electrons. The van der Waals surface area contributed by atoms with Crippen molar-refractivity contribution < 1.29 is 42.9 Å². The second kappa shape index (κ2) is 24.0. The van der Waals surface area contributed by atoms with Crippen molar-refractivity contribution in [2.24, 2.45) is 0 Å². The lowest BCUT2D eigenvalue weighted by atomic mass is 10.0. The highest BCUT2D eigenvalue weighted by molar-refractivity contribution is 6.54. The summed E-state index contributed by atoms with van der Waals surface area (Å²) in [5.41, 5.74) is 0. The Kier molecular flexibility index (Phi) is 23.9. The number of quaternary nitrogens is 2. The summed E-state index contributed by atoms with van der Waals surface area (Å²) in [5, 5.41) is 0. The Morgan fingerprint density at radius 3 is 0.727 bits per heavy atom. The third-order valence-electron chi connectivity index (χ3n) is 10.6. The molecule has 0 aromatic heterocycles. The first-order chi connectivity index (χ1) is 20.2. The minimum atomic E-state index is -0.139. The zero-order chi connectivity index (χ0) is 30.3. The van der Waals surface area contributed by atoms with Gasteiger partial charge in [0.15, 0.2) is 0 Å². The van der Waals surface area contributed by atoms with Crippen molar-refractivity contribution in [3.05, 3.63) is 0 Å². The summed E-state index contributed by atoms with van der Waals surface area (Å²) in [6.07, 6.45) is 11.9. The number of piperazine rings is 9. The lowest BCUT2D eigenvalue weighted by molar-refractivity contribution is -0.941. The highest BCUT2D eigenvalue weighted by Crippen LogP contribution is 2.22. The molecule has 44 heavy (non-hydrogen) atoms. The van der Waals surface area contributed by atoms with Crippen molar-refractivity contribution in [3.8, 4) is 0 Å². The van der Waals surface area contributed by atoms with Crippen molar-refractivity contribution in [2.75, 3.05) is 131 Å². The molecule has 0 unspecified atom stereocenters. The highest BCUT2D eigenvalue weighted by Gasteiger charge is 2.38. The van der Waals surface area contributed by atoms with Gasteiger partial charge >= 0.3 is 0 Å². The van der Waals surface area contributed by atoms with Crippen LogP contribution in [0.2, 0.25) is 34.7 Å². The molecule has 0 spiro atoms. The van der Waals surface area contributed by atoms with E-state index in [2.05, 4.69) is 54.3 Å². The first kappa shape index (κ1) is 43.8. The van der Waals surface area contributed by atoms with Gasteiger partial charge in [0.1, 0.15) is 0 Å². The van der Waals surface area contributed by atoms with Gasteiger partial charge in [-0.15, -0.1) is 34.7 Å². The molecule has 0 aliphatic carbocycles. The average molecular weight is 781 g/mol. The van der Waals surface area contributed by atoms with Gasteiger partial charge in [-0.05, 0) is 25.7 Å². The van der Waals surface area contributed by atoms with Gasteiger partial charge in [-0.1, -0.05) is 25.7 Å². The van der Waals surface area contributed by atoms with Crippen LogP contribution in [0.3, 0.4) is 0 Å². The monoisotopic (exact) mass is 778 g/mol. The fourth-order valence-electron chi connectivity index (χ4n) is 7.61. The molecule has 0 atom stereocenters. The molecule has 10 heteroatoms. The quantitative estimate of drug-likeness (QED) is 0.148. The third-order valence-corrected chi connectivity index (χ3v) is 10.6. The number of hydrogen-bond acceptors (Lipinski definition) is 4. The minimum absolute atomic E-state index is 0. The van der Waals surface area contributed by atoms with Crippen LogP contribution in [0.4, 0.5) is 0 Å². The summed E-state index contributed by atoms with van der Waals surface area (Å²) in [6.45, 7) is 27.8. The molecule has 0 aromatic carbocycles. The number of hydrogen-bond donors (Lipinski definition) is 0. The smallest absolute Gasteiger partial charge is 0.251 e. The Balaban J connectivity index is 0.000000442. The van der Waals surface area contributed by atoms with Crippen molar-refractivity contribution >= 4 is 28.3 Å². The van der Waals surface area contributed by atoms with Crippen LogP contribution in [0.15, 0.2) is 0 Å². The second-order valence-corrected chi connectivity index (χ2v) is 23.1. The lowest BCUT2D eigenvalue weighted by Gasteiger charge is -2.50. The van der Waals surface area contributed by atoms with E-state index in [-0.39, 0.29) is 62.3 Å². The SMILES string of the molecule is C(CCCCC[N+]12CCN(CC1)CC2)CCCC[N+]12CCN(CC1)CC2.C1CN2CCN1CC2.[Br-].[Br-].[CH3][Al]([CH3])[CH3].[CH3][Al]([CH3])[CH3]. The van der Waals surface area contributed by atoms with Crippen LogP contribution in [0.5, 0.6) is 0 Å². The molecule has 0 amide bonds. The Morgan fingerprint density at radius 2 is 0.523 bits per heavy atom. The van der Waals surface area contributed by atoms with Crippen LogP contribution in [-0.2, 0) is 0 Å². The molecule has 9 heterocycles. The van der Waals surface area contributed by atoms with Gasteiger partial charge in [-0.2, -0.15) is 0 Å². The van der Waals surface area contributed by atoms with Gasteiger partial charge in [0.2, 0.25) is 0 Å². The Bertz CT molecular complexity index is 593. The number of halogens is 2. The summed E-state index contributed by atoms with van der Waals surface area (Å²) >= 11 is -0.278. The number of fused-ring (bicyclic) bond motifs is 9. The van der Waals surface area contributed by atoms with Gasteiger partial charge < -0.3 is 42.9 Å². The van der Waals surface area contributed by atoms with E-state index in [1.54, 1.807) is 0 Å². The van der Waals surface area contributed by atoms with Gasteiger partial charge in [0, 0.05) is 78.5 Å². The van der Waals surface area contributed by atoms with E-state index >= 15 is 0 Å². The van der Waals surface area contributed by atoms with Crippen molar-refractivity contribution in [2.45, 2.75) is 86.1 Å². The van der Waals surface area contributed by atoms with Gasteiger partial charge in [0.25, 0.3) is 28.3 Å².